The van der Waals surface area contributed by atoms with E-state index in [0.717, 1.165) is 26.1 Å². The first-order valence-electron chi connectivity index (χ1n) is 15.4. The van der Waals surface area contributed by atoms with E-state index in [0.29, 0.717) is 25.4 Å². The molecule has 0 aromatic carbocycles. The van der Waals surface area contributed by atoms with Gasteiger partial charge in [-0.2, -0.15) is 0 Å². The summed E-state index contributed by atoms with van der Waals surface area (Å²) < 4.78 is 25.1. The summed E-state index contributed by atoms with van der Waals surface area (Å²) >= 11 is 0. The number of ether oxygens (including phenoxy) is 4. The number of methoxy groups -OCH3 is 1. The molecule has 10 heteroatoms. The molecule has 3 saturated heterocycles. The average molecular weight is 586 g/mol. The van der Waals surface area contributed by atoms with Gasteiger partial charge < -0.3 is 43.9 Å². The van der Waals surface area contributed by atoms with Gasteiger partial charge in [-0.05, 0) is 93.5 Å². The molecular weight excluding hydrogens is 526 g/mol. The number of aliphatic hydroxyl groups is 2. The van der Waals surface area contributed by atoms with Gasteiger partial charge in [0.2, 0.25) is 0 Å². The van der Waals surface area contributed by atoms with Crippen LogP contribution in [0.2, 0.25) is 0 Å². The van der Waals surface area contributed by atoms with E-state index in [9.17, 15) is 15.0 Å². The van der Waals surface area contributed by atoms with Crippen molar-refractivity contribution in [2.45, 2.75) is 109 Å². The van der Waals surface area contributed by atoms with Crippen LogP contribution in [-0.4, -0.2) is 141 Å². The Balaban J connectivity index is 1.99. The first-order chi connectivity index (χ1) is 19.0. The Morgan fingerprint density at radius 3 is 2.29 bits per heavy atom. The summed E-state index contributed by atoms with van der Waals surface area (Å²) in [5.74, 6) is -0.250. The number of hydrogen-bond donors (Lipinski definition) is 2. The van der Waals surface area contributed by atoms with Crippen molar-refractivity contribution in [3.8, 4) is 0 Å². The Morgan fingerprint density at radius 2 is 1.73 bits per heavy atom. The number of ketones is 1. The molecule has 2 N–H and O–H groups in total. The van der Waals surface area contributed by atoms with Crippen molar-refractivity contribution in [2.24, 2.45) is 23.2 Å². The molecule has 3 aliphatic rings. The summed E-state index contributed by atoms with van der Waals surface area (Å²) in [6, 6.07) is -0.0404. The first kappa shape index (κ1) is 34.8. The van der Waals surface area contributed by atoms with Crippen LogP contribution < -0.4 is 0 Å². The number of carbonyl (C=O) groups is 1. The average Bonchev–Trinajstić information content (AvgIpc) is 3.32. The maximum Gasteiger partial charge on any atom is 0.185 e. The van der Waals surface area contributed by atoms with E-state index in [4.69, 9.17) is 18.9 Å². The SMILES string of the molecule is CO[C@]1(C)C[C@@H](C)CN(C)[C@@H]([C@H]2CCN(C)C2)COC(O)C(C)(C)C(=O)[C@H](C)[C@H]1O[C@@H]1O[C@H](C)C[C@H](N(C)C)[C@H]1O. The number of likely N-dealkylation sites (tertiary alicyclic amines) is 1. The van der Waals surface area contributed by atoms with E-state index in [1.165, 1.54) is 0 Å². The first-order valence-corrected chi connectivity index (χ1v) is 15.4. The highest BCUT2D eigenvalue weighted by Gasteiger charge is 2.51. The molecule has 0 saturated carbocycles. The minimum atomic E-state index is -1.28. The third kappa shape index (κ3) is 7.88. The molecule has 0 aromatic heterocycles. The fourth-order valence-corrected chi connectivity index (χ4v) is 7.44. The predicted molar refractivity (Wildman–Crippen MR) is 158 cm³/mol. The lowest BCUT2D eigenvalue weighted by molar-refractivity contribution is -0.296. The number of carbonyl (C=O) groups excluding carboxylic acids is 1. The Morgan fingerprint density at radius 1 is 1.07 bits per heavy atom. The van der Waals surface area contributed by atoms with Gasteiger partial charge in [-0.1, -0.05) is 13.8 Å². The van der Waals surface area contributed by atoms with Crippen LogP contribution >= 0.6 is 0 Å². The van der Waals surface area contributed by atoms with Gasteiger partial charge in [0, 0.05) is 38.2 Å². The second-order valence-corrected chi connectivity index (χ2v) is 14.3. The highest BCUT2D eigenvalue weighted by molar-refractivity contribution is 5.87. The number of rotatable bonds is 5. The highest BCUT2D eigenvalue weighted by Crippen LogP contribution is 2.39. The van der Waals surface area contributed by atoms with Gasteiger partial charge in [0.25, 0.3) is 0 Å². The lowest BCUT2D eigenvalue weighted by Crippen LogP contribution is -2.59. The molecular formula is C31H59N3O7. The summed E-state index contributed by atoms with van der Waals surface area (Å²) in [6.07, 6.45) is -1.61. The Labute approximate surface area is 248 Å². The molecule has 3 aliphatic heterocycles. The Bertz CT molecular complexity index is 860. The second kappa shape index (κ2) is 13.9. The van der Waals surface area contributed by atoms with Gasteiger partial charge >= 0.3 is 0 Å². The van der Waals surface area contributed by atoms with Crippen LogP contribution in [0.25, 0.3) is 0 Å². The zero-order valence-electron chi connectivity index (χ0n) is 27.5. The smallest absolute Gasteiger partial charge is 0.185 e. The Hall–Kier alpha value is -0.690. The molecule has 3 fully saturated rings. The quantitative estimate of drug-likeness (QED) is 0.498. The van der Waals surface area contributed by atoms with Crippen molar-refractivity contribution in [2.75, 3.05) is 61.5 Å². The lowest BCUT2D eigenvalue weighted by atomic mass is 9.74. The molecule has 0 bridgehead atoms. The maximum absolute atomic E-state index is 14.2. The maximum atomic E-state index is 14.2. The van der Waals surface area contributed by atoms with Crippen molar-refractivity contribution in [3.63, 3.8) is 0 Å². The van der Waals surface area contributed by atoms with Gasteiger partial charge in [-0.3, -0.25) is 4.79 Å². The molecule has 0 aromatic rings. The molecule has 0 amide bonds. The van der Waals surface area contributed by atoms with Crippen molar-refractivity contribution < 1.29 is 34.0 Å². The fraction of sp³-hybridized carbons (Fsp3) is 0.968. The van der Waals surface area contributed by atoms with Crippen molar-refractivity contribution >= 4 is 5.78 Å². The van der Waals surface area contributed by atoms with Gasteiger partial charge in [0.05, 0.1) is 29.8 Å². The van der Waals surface area contributed by atoms with E-state index in [2.05, 4.69) is 30.8 Å². The largest absolute Gasteiger partial charge is 0.386 e. The predicted octanol–water partition coefficient (Wildman–Crippen LogP) is 2.06. The van der Waals surface area contributed by atoms with E-state index >= 15 is 0 Å². The van der Waals surface area contributed by atoms with Crippen LogP contribution in [0.3, 0.4) is 0 Å². The third-order valence-corrected chi connectivity index (χ3v) is 10.1. The van der Waals surface area contributed by atoms with Gasteiger partial charge in [0.1, 0.15) is 11.9 Å². The molecule has 41 heavy (non-hydrogen) atoms. The monoisotopic (exact) mass is 585 g/mol. The van der Waals surface area contributed by atoms with Gasteiger partial charge in [-0.25, -0.2) is 0 Å². The Kier molecular flexibility index (Phi) is 11.8. The number of hydrogen-bond acceptors (Lipinski definition) is 10. The van der Waals surface area contributed by atoms with E-state index in [1.54, 1.807) is 21.0 Å². The normalized spacial score (nSPS) is 44.4. The minimum absolute atomic E-state index is 0.109. The van der Waals surface area contributed by atoms with Gasteiger partial charge in [-0.15, -0.1) is 0 Å². The number of Topliss-reactive ketones (excluding diaryl/α,β-unsaturated/α-hetero) is 1. The topological polar surface area (TPSA) is 104 Å². The van der Waals surface area contributed by atoms with Crippen molar-refractivity contribution in [1.82, 2.24) is 14.7 Å². The van der Waals surface area contributed by atoms with Crippen LogP contribution in [0.1, 0.15) is 60.8 Å². The van der Waals surface area contributed by atoms with Gasteiger partial charge in [0.15, 0.2) is 12.6 Å². The van der Waals surface area contributed by atoms with Crippen molar-refractivity contribution in [1.29, 1.82) is 0 Å². The number of aliphatic hydroxyl groups excluding tert-OH is 2. The van der Waals surface area contributed by atoms with E-state index in [1.807, 2.05) is 39.8 Å². The standard InChI is InChI=1S/C31H59N3O7/c1-19-15-31(6,38-11)27(41-28-25(35)23(32(7)8)14-20(2)40-28)21(3)26(36)30(4,5)29(37)39-18-24(34(10)16-19)22-12-13-33(9)17-22/h19-25,27-29,35,37H,12-18H2,1-11H3/t19-,20-,21+,22+,23+,24-,25-,27-,28+,29?,31-/m1/s1. The number of nitrogens with zero attached hydrogens (tertiary/aromatic N) is 3. The summed E-state index contributed by atoms with van der Waals surface area (Å²) in [4.78, 5) is 20.8. The highest BCUT2D eigenvalue weighted by atomic mass is 16.7. The molecule has 0 spiro atoms. The fourth-order valence-electron chi connectivity index (χ4n) is 7.44. The minimum Gasteiger partial charge on any atom is -0.386 e. The van der Waals surface area contributed by atoms with Crippen LogP contribution in [0.4, 0.5) is 0 Å². The second-order valence-electron chi connectivity index (χ2n) is 14.3. The molecule has 10 nitrogen and oxygen atoms in total. The van der Waals surface area contributed by atoms with Crippen LogP contribution in [-0.2, 0) is 23.7 Å². The van der Waals surface area contributed by atoms with E-state index in [-0.39, 0.29) is 29.9 Å². The van der Waals surface area contributed by atoms with Crippen LogP contribution in [0, 0.1) is 23.2 Å². The molecule has 240 valence electrons. The molecule has 0 aliphatic carbocycles. The third-order valence-electron chi connectivity index (χ3n) is 10.1. The summed E-state index contributed by atoms with van der Waals surface area (Å²) in [5, 5.41) is 22.6. The van der Waals surface area contributed by atoms with Crippen LogP contribution in [0.5, 0.6) is 0 Å². The zero-order chi connectivity index (χ0) is 30.9. The lowest BCUT2D eigenvalue weighted by Gasteiger charge is -2.47. The summed E-state index contributed by atoms with van der Waals surface area (Å²) in [5.41, 5.74) is -2.07. The van der Waals surface area contributed by atoms with Crippen LogP contribution in [0.15, 0.2) is 0 Å². The molecule has 1 unspecified atom stereocenters. The molecule has 0 radical (unpaired) electrons. The number of likely N-dealkylation sites (N-methyl/N-ethyl adjacent to an activating group) is 2. The zero-order valence-corrected chi connectivity index (χ0v) is 27.5. The molecule has 11 atom stereocenters. The summed E-state index contributed by atoms with van der Waals surface area (Å²) in [7, 11) is 9.80. The van der Waals surface area contributed by atoms with E-state index < -0.39 is 41.7 Å². The summed E-state index contributed by atoms with van der Waals surface area (Å²) in [6.45, 7) is 14.6. The molecule has 3 heterocycles. The van der Waals surface area contributed by atoms with Crippen molar-refractivity contribution in [3.05, 3.63) is 0 Å². The molecule has 3 rings (SSSR count).